The Kier molecular flexibility index (Phi) is 5.07. The largest absolute Gasteiger partial charge is 0.414 e. The number of hydrogen-bond donors (Lipinski definition) is 0. The normalized spacial score (nSPS) is 16.9. The highest BCUT2D eigenvalue weighted by Gasteiger charge is 2.40. The Morgan fingerprint density at radius 3 is 2.44 bits per heavy atom. The lowest BCUT2D eigenvalue weighted by Gasteiger charge is -2.42. The number of fused-ring (bicyclic) bond motifs is 1. The van der Waals surface area contributed by atoms with E-state index in [9.17, 15) is 10.1 Å². The molecule has 2 aromatic rings. The van der Waals surface area contributed by atoms with Gasteiger partial charge in [-0.2, -0.15) is 5.10 Å². The molecule has 0 saturated carbocycles. The lowest BCUT2D eigenvalue weighted by molar-refractivity contribution is -0.384. The first-order valence-electron chi connectivity index (χ1n) is 9.52. The number of anilines is 1. The second-order valence-corrected chi connectivity index (χ2v) is 13.7. The Balaban J connectivity index is 1.79. The summed E-state index contributed by atoms with van der Waals surface area (Å²) in [5.41, 5.74) is 1.75. The Morgan fingerprint density at radius 1 is 1.26 bits per heavy atom. The quantitative estimate of drug-likeness (QED) is 0.437. The number of benzene rings is 1. The lowest BCUT2D eigenvalue weighted by atomic mass is 10.1. The van der Waals surface area contributed by atoms with E-state index in [-0.39, 0.29) is 21.8 Å². The molecule has 1 aliphatic rings. The highest BCUT2D eigenvalue weighted by molar-refractivity contribution is 6.74. The summed E-state index contributed by atoms with van der Waals surface area (Å²) in [6.07, 6.45) is 3.70. The monoisotopic (exact) mass is 390 g/mol. The minimum absolute atomic E-state index is 0.152. The second kappa shape index (κ2) is 6.90. The van der Waals surface area contributed by atoms with Crippen LogP contribution in [0.2, 0.25) is 18.1 Å². The number of nitro benzene ring substituents is 1. The molecular weight excluding hydrogens is 360 g/mol. The van der Waals surface area contributed by atoms with Crippen LogP contribution in [0.3, 0.4) is 0 Å². The van der Waals surface area contributed by atoms with E-state index in [0.717, 1.165) is 36.8 Å². The zero-order valence-corrected chi connectivity index (χ0v) is 18.2. The van der Waals surface area contributed by atoms with Gasteiger partial charge in [-0.3, -0.25) is 14.8 Å². The molecule has 0 spiro atoms. The maximum atomic E-state index is 11.6. The molecule has 1 fully saturated rings. The summed E-state index contributed by atoms with van der Waals surface area (Å²) in [5.74, 6) is 0. The number of rotatable bonds is 4. The first kappa shape index (κ1) is 19.8. The number of nitrogens with zero attached hydrogens (tertiary/aromatic N) is 4. The van der Waals surface area contributed by atoms with Crippen molar-refractivity contribution >= 4 is 30.6 Å². The molecular formula is C19H30N4O3Si. The third kappa shape index (κ3) is 3.86. The number of piperidine rings is 1. The molecule has 148 valence electrons. The summed E-state index contributed by atoms with van der Waals surface area (Å²) in [5, 5.41) is 16.8. The number of hydrogen-bond acceptors (Lipinski definition) is 5. The minimum atomic E-state index is -1.80. The van der Waals surface area contributed by atoms with Crippen LogP contribution in [0.5, 0.6) is 0 Å². The molecule has 1 saturated heterocycles. The van der Waals surface area contributed by atoms with Crippen molar-refractivity contribution in [1.82, 2.24) is 9.78 Å². The molecule has 0 aliphatic carbocycles. The number of nitro groups is 1. The van der Waals surface area contributed by atoms with E-state index in [1.807, 2.05) is 13.1 Å². The van der Waals surface area contributed by atoms with Crippen LogP contribution >= 0.6 is 0 Å². The summed E-state index contributed by atoms with van der Waals surface area (Å²) >= 11 is 0. The lowest BCUT2D eigenvalue weighted by Crippen LogP contribution is -2.47. The van der Waals surface area contributed by atoms with E-state index in [2.05, 4.69) is 43.9 Å². The molecule has 7 nitrogen and oxygen atoms in total. The smallest absolute Gasteiger partial charge is 0.293 e. The fourth-order valence-corrected chi connectivity index (χ4v) is 4.81. The molecule has 8 heteroatoms. The van der Waals surface area contributed by atoms with Gasteiger partial charge in [0.05, 0.1) is 16.6 Å². The molecule has 0 atom stereocenters. The van der Waals surface area contributed by atoms with Crippen LogP contribution in [0.4, 0.5) is 11.4 Å². The summed E-state index contributed by atoms with van der Waals surface area (Å²) in [6, 6.07) is 3.53. The fraction of sp³-hybridized carbons (Fsp3) is 0.632. The van der Waals surface area contributed by atoms with Crippen LogP contribution in [-0.2, 0) is 11.5 Å². The van der Waals surface area contributed by atoms with E-state index >= 15 is 0 Å². The third-order valence-corrected chi connectivity index (χ3v) is 10.6. The van der Waals surface area contributed by atoms with Gasteiger partial charge in [-0.25, -0.2) is 0 Å². The van der Waals surface area contributed by atoms with E-state index in [1.54, 1.807) is 16.9 Å². The number of aryl methyl sites for hydroxylation is 1. The van der Waals surface area contributed by atoms with Crippen LogP contribution in [0.25, 0.3) is 10.9 Å². The maximum absolute atomic E-state index is 11.6. The summed E-state index contributed by atoms with van der Waals surface area (Å²) in [7, 11) is 0.0630. The van der Waals surface area contributed by atoms with Gasteiger partial charge in [-0.15, -0.1) is 0 Å². The maximum Gasteiger partial charge on any atom is 0.293 e. The minimum Gasteiger partial charge on any atom is -0.414 e. The van der Waals surface area contributed by atoms with Gasteiger partial charge in [0.2, 0.25) is 0 Å². The third-order valence-electron chi connectivity index (χ3n) is 6.09. The molecule has 0 bridgehead atoms. The zero-order valence-electron chi connectivity index (χ0n) is 17.2. The Morgan fingerprint density at radius 2 is 1.89 bits per heavy atom. The molecule has 27 heavy (non-hydrogen) atoms. The van der Waals surface area contributed by atoms with Gasteiger partial charge in [0.15, 0.2) is 8.32 Å². The van der Waals surface area contributed by atoms with Gasteiger partial charge in [0.1, 0.15) is 5.69 Å². The molecule has 1 aromatic carbocycles. The predicted octanol–water partition coefficient (Wildman–Crippen LogP) is 4.47. The van der Waals surface area contributed by atoms with Crippen molar-refractivity contribution in [2.24, 2.45) is 7.05 Å². The van der Waals surface area contributed by atoms with E-state index < -0.39 is 8.32 Å². The Hall–Kier alpha value is -1.93. The topological polar surface area (TPSA) is 73.4 Å². The van der Waals surface area contributed by atoms with Crippen molar-refractivity contribution in [3.63, 3.8) is 0 Å². The zero-order chi connectivity index (χ0) is 20.0. The Bertz CT molecular complexity index is 848. The molecule has 0 N–H and O–H groups in total. The average Bonchev–Trinajstić information content (AvgIpc) is 2.93. The van der Waals surface area contributed by atoms with Crippen molar-refractivity contribution in [2.45, 2.75) is 57.8 Å². The van der Waals surface area contributed by atoms with Crippen LogP contribution in [-0.4, -0.2) is 42.2 Å². The summed E-state index contributed by atoms with van der Waals surface area (Å²) in [4.78, 5) is 13.4. The van der Waals surface area contributed by atoms with Crippen LogP contribution in [0, 0.1) is 10.1 Å². The SMILES string of the molecule is Cn1ncc2cc([N+](=O)[O-])c(N3CCC(O[Si](C)(C)C(C)(C)C)CC3)cc21. The van der Waals surface area contributed by atoms with E-state index in [0.29, 0.717) is 5.69 Å². The summed E-state index contributed by atoms with van der Waals surface area (Å²) < 4.78 is 8.31. The van der Waals surface area contributed by atoms with Crippen LogP contribution in [0.1, 0.15) is 33.6 Å². The van der Waals surface area contributed by atoms with Crippen LogP contribution in [0.15, 0.2) is 18.3 Å². The second-order valence-electron chi connectivity index (χ2n) is 8.99. The Labute approximate surface area is 161 Å². The van der Waals surface area contributed by atoms with Gasteiger partial charge >= 0.3 is 0 Å². The fourth-order valence-electron chi connectivity index (χ4n) is 3.38. The molecule has 1 aromatic heterocycles. The van der Waals surface area contributed by atoms with Crippen molar-refractivity contribution in [1.29, 1.82) is 0 Å². The van der Waals surface area contributed by atoms with Crippen molar-refractivity contribution in [3.05, 3.63) is 28.4 Å². The molecule has 3 rings (SSSR count). The van der Waals surface area contributed by atoms with Crippen LogP contribution < -0.4 is 4.90 Å². The molecule has 0 radical (unpaired) electrons. The standard InChI is InChI=1S/C19H30N4O3Si/c1-19(2,3)27(5,6)26-15-7-9-22(10-8-15)17-12-16-14(13-20-21(16)4)11-18(17)23(24)25/h11-13,15H,7-10H2,1-6H3. The number of aromatic nitrogens is 2. The predicted molar refractivity (Wildman–Crippen MR) is 111 cm³/mol. The first-order valence-corrected chi connectivity index (χ1v) is 12.4. The van der Waals surface area contributed by atoms with Gasteiger partial charge in [0.25, 0.3) is 5.69 Å². The highest BCUT2D eigenvalue weighted by Crippen LogP contribution is 2.39. The molecule has 0 amide bonds. The highest BCUT2D eigenvalue weighted by atomic mass is 28.4. The van der Waals surface area contributed by atoms with Crippen molar-refractivity contribution < 1.29 is 9.35 Å². The molecule has 0 unspecified atom stereocenters. The molecule has 1 aliphatic heterocycles. The summed E-state index contributed by atoms with van der Waals surface area (Å²) in [6.45, 7) is 12.8. The first-order chi connectivity index (χ1) is 12.5. The van der Waals surface area contributed by atoms with Crippen molar-refractivity contribution in [2.75, 3.05) is 18.0 Å². The van der Waals surface area contributed by atoms with Crippen molar-refractivity contribution in [3.8, 4) is 0 Å². The average molecular weight is 391 g/mol. The van der Waals surface area contributed by atoms with Gasteiger partial charge in [0, 0.05) is 37.7 Å². The molecule has 2 heterocycles. The van der Waals surface area contributed by atoms with E-state index in [1.165, 1.54) is 0 Å². The van der Waals surface area contributed by atoms with E-state index in [4.69, 9.17) is 4.43 Å². The van der Waals surface area contributed by atoms with Gasteiger partial charge in [-0.05, 0) is 37.0 Å². The van der Waals surface area contributed by atoms with Gasteiger partial charge in [-0.1, -0.05) is 20.8 Å². The van der Waals surface area contributed by atoms with Gasteiger partial charge < -0.3 is 9.33 Å².